The minimum Gasteiger partial charge on any atom is -0.475 e. The molecule has 0 bridgehead atoms. The highest BCUT2D eigenvalue weighted by atomic mass is 16.4. The molecule has 1 aromatic rings. The number of aromatic nitrogens is 3. The monoisotopic (exact) mass is 224 g/mol. The molecule has 0 spiro atoms. The molecule has 6 heteroatoms. The van der Waals surface area contributed by atoms with Gasteiger partial charge in [0.15, 0.2) is 5.82 Å². The number of rotatable bonds is 3. The number of fused-ring (bicyclic) bond motifs is 1. The highest BCUT2D eigenvalue weighted by Gasteiger charge is 2.25. The van der Waals surface area contributed by atoms with Gasteiger partial charge in [-0.05, 0) is 19.4 Å². The van der Waals surface area contributed by atoms with E-state index in [1.807, 2.05) is 0 Å². The van der Waals surface area contributed by atoms with Crippen molar-refractivity contribution in [3.8, 4) is 0 Å². The number of nitrogens with zero attached hydrogens (tertiary/aromatic N) is 3. The van der Waals surface area contributed by atoms with Crippen molar-refractivity contribution in [3.63, 3.8) is 0 Å². The number of nitrogens with one attached hydrogen (secondary N) is 1. The van der Waals surface area contributed by atoms with Crippen LogP contribution >= 0.6 is 0 Å². The van der Waals surface area contributed by atoms with E-state index in [4.69, 9.17) is 5.11 Å². The van der Waals surface area contributed by atoms with Crippen LogP contribution in [0, 0.1) is 0 Å². The molecule has 0 amide bonds. The SMILES string of the molecule is CCC[C@H]1NCCCn2c(C(=O)O)nnc21. The van der Waals surface area contributed by atoms with Gasteiger partial charge in [0, 0.05) is 6.54 Å². The molecular formula is C10H16N4O2. The largest absolute Gasteiger partial charge is 0.475 e. The van der Waals surface area contributed by atoms with Crippen LogP contribution in [0.2, 0.25) is 0 Å². The third-order valence-corrected chi connectivity index (χ3v) is 2.81. The molecule has 0 unspecified atom stereocenters. The van der Waals surface area contributed by atoms with E-state index < -0.39 is 5.97 Å². The second-order valence-corrected chi connectivity index (χ2v) is 3.99. The van der Waals surface area contributed by atoms with Crippen LogP contribution in [0.25, 0.3) is 0 Å². The first-order valence-corrected chi connectivity index (χ1v) is 5.63. The highest BCUT2D eigenvalue weighted by molar-refractivity contribution is 5.83. The average Bonchev–Trinajstić information content (AvgIpc) is 2.58. The zero-order valence-electron chi connectivity index (χ0n) is 9.31. The molecule has 16 heavy (non-hydrogen) atoms. The van der Waals surface area contributed by atoms with E-state index in [9.17, 15) is 4.79 Å². The van der Waals surface area contributed by atoms with E-state index in [-0.39, 0.29) is 11.9 Å². The van der Waals surface area contributed by atoms with Crippen molar-refractivity contribution in [1.29, 1.82) is 0 Å². The Kier molecular flexibility index (Phi) is 3.19. The van der Waals surface area contributed by atoms with Gasteiger partial charge in [-0.2, -0.15) is 0 Å². The third-order valence-electron chi connectivity index (χ3n) is 2.81. The van der Waals surface area contributed by atoms with E-state index in [0.717, 1.165) is 31.6 Å². The smallest absolute Gasteiger partial charge is 0.374 e. The zero-order chi connectivity index (χ0) is 11.5. The predicted octanol–water partition coefficient (Wildman–Crippen LogP) is 0.811. The Morgan fingerprint density at radius 1 is 1.62 bits per heavy atom. The molecule has 88 valence electrons. The lowest BCUT2D eigenvalue weighted by Crippen LogP contribution is -2.22. The number of carboxylic acid groups (broad SMARTS) is 1. The van der Waals surface area contributed by atoms with Crippen LogP contribution in [0.1, 0.15) is 48.7 Å². The van der Waals surface area contributed by atoms with Gasteiger partial charge < -0.3 is 15.0 Å². The van der Waals surface area contributed by atoms with Crippen molar-refractivity contribution in [2.45, 2.75) is 38.8 Å². The molecule has 2 N–H and O–H groups in total. The molecule has 1 aromatic heterocycles. The van der Waals surface area contributed by atoms with Gasteiger partial charge in [0.1, 0.15) is 0 Å². The minimum absolute atomic E-state index is 0.0554. The van der Waals surface area contributed by atoms with Gasteiger partial charge in [-0.25, -0.2) is 4.79 Å². The Hall–Kier alpha value is -1.43. The van der Waals surface area contributed by atoms with E-state index in [1.165, 1.54) is 0 Å². The second kappa shape index (κ2) is 4.61. The Morgan fingerprint density at radius 2 is 2.44 bits per heavy atom. The molecular weight excluding hydrogens is 208 g/mol. The normalized spacial score (nSPS) is 20.2. The van der Waals surface area contributed by atoms with Gasteiger partial charge in [0.2, 0.25) is 5.82 Å². The lowest BCUT2D eigenvalue weighted by Gasteiger charge is -2.13. The van der Waals surface area contributed by atoms with Gasteiger partial charge in [0.05, 0.1) is 6.04 Å². The summed E-state index contributed by atoms with van der Waals surface area (Å²) in [5.74, 6) is -0.188. The summed E-state index contributed by atoms with van der Waals surface area (Å²) in [7, 11) is 0. The van der Waals surface area contributed by atoms with Crippen LogP contribution in [0.4, 0.5) is 0 Å². The van der Waals surface area contributed by atoms with E-state index in [0.29, 0.717) is 6.54 Å². The molecule has 1 aliphatic rings. The average molecular weight is 224 g/mol. The Bertz CT molecular complexity index is 388. The molecule has 2 rings (SSSR count). The van der Waals surface area contributed by atoms with Crippen molar-refractivity contribution in [1.82, 2.24) is 20.1 Å². The summed E-state index contributed by atoms with van der Waals surface area (Å²) in [5, 5.41) is 20.1. The van der Waals surface area contributed by atoms with Crippen LogP contribution in [-0.4, -0.2) is 32.4 Å². The van der Waals surface area contributed by atoms with Crippen molar-refractivity contribution in [2.75, 3.05) is 6.54 Å². The van der Waals surface area contributed by atoms with E-state index in [1.54, 1.807) is 4.57 Å². The van der Waals surface area contributed by atoms with Crippen LogP contribution < -0.4 is 5.32 Å². The topological polar surface area (TPSA) is 80.0 Å². The first kappa shape index (κ1) is 11.1. The second-order valence-electron chi connectivity index (χ2n) is 3.99. The standard InChI is InChI=1S/C10H16N4O2/c1-2-4-7-8-12-13-9(10(15)16)14(8)6-3-5-11-7/h7,11H,2-6H2,1H3,(H,15,16)/t7-/m1/s1. The fourth-order valence-electron chi connectivity index (χ4n) is 2.08. The Balaban J connectivity index is 2.35. The van der Waals surface area contributed by atoms with Gasteiger partial charge in [-0.15, -0.1) is 10.2 Å². The van der Waals surface area contributed by atoms with Gasteiger partial charge in [-0.1, -0.05) is 13.3 Å². The highest BCUT2D eigenvalue weighted by Crippen LogP contribution is 2.20. The minimum atomic E-state index is -1.00. The fraction of sp³-hybridized carbons (Fsp3) is 0.700. The molecule has 0 fully saturated rings. The maximum Gasteiger partial charge on any atom is 0.374 e. The van der Waals surface area contributed by atoms with Crippen LogP contribution in [0.15, 0.2) is 0 Å². The van der Waals surface area contributed by atoms with Crippen LogP contribution in [-0.2, 0) is 6.54 Å². The molecule has 0 saturated heterocycles. The maximum atomic E-state index is 11.0. The van der Waals surface area contributed by atoms with Gasteiger partial charge >= 0.3 is 5.97 Å². The number of aromatic carboxylic acids is 1. The molecule has 0 saturated carbocycles. The van der Waals surface area contributed by atoms with Crippen molar-refractivity contribution in [3.05, 3.63) is 11.6 Å². The number of hydrogen-bond donors (Lipinski definition) is 2. The fourth-order valence-corrected chi connectivity index (χ4v) is 2.08. The summed E-state index contributed by atoms with van der Waals surface area (Å²) in [4.78, 5) is 11.0. The predicted molar refractivity (Wildman–Crippen MR) is 57.3 cm³/mol. The molecule has 2 heterocycles. The summed E-state index contributed by atoms with van der Waals surface area (Å²) in [6.07, 6.45) is 2.90. The molecule has 0 aliphatic carbocycles. The van der Waals surface area contributed by atoms with Crippen molar-refractivity contribution >= 4 is 5.97 Å². The maximum absolute atomic E-state index is 11.0. The van der Waals surface area contributed by atoms with E-state index in [2.05, 4.69) is 22.4 Å². The molecule has 0 radical (unpaired) electrons. The summed E-state index contributed by atoms with van der Waals surface area (Å²) in [6, 6.07) is 0.132. The lowest BCUT2D eigenvalue weighted by atomic mass is 10.1. The van der Waals surface area contributed by atoms with Gasteiger partial charge in [-0.3, -0.25) is 0 Å². The molecule has 1 atom stereocenters. The van der Waals surface area contributed by atoms with Crippen LogP contribution in [0.5, 0.6) is 0 Å². The van der Waals surface area contributed by atoms with Crippen LogP contribution in [0.3, 0.4) is 0 Å². The molecule has 0 aromatic carbocycles. The van der Waals surface area contributed by atoms with Crippen molar-refractivity contribution in [2.24, 2.45) is 0 Å². The van der Waals surface area contributed by atoms with Crippen molar-refractivity contribution < 1.29 is 9.90 Å². The first-order valence-electron chi connectivity index (χ1n) is 5.63. The van der Waals surface area contributed by atoms with E-state index >= 15 is 0 Å². The molecule has 1 aliphatic heterocycles. The van der Waals surface area contributed by atoms with Gasteiger partial charge in [0.25, 0.3) is 0 Å². The summed E-state index contributed by atoms with van der Waals surface area (Å²) in [5.41, 5.74) is 0. The number of hydrogen-bond acceptors (Lipinski definition) is 4. The number of carbonyl (C=O) groups is 1. The third kappa shape index (κ3) is 1.92. The number of carboxylic acids is 1. The lowest BCUT2D eigenvalue weighted by molar-refractivity contribution is 0.0677. The zero-order valence-corrected chi connectivity index (χ0v) is 9.31. The summed E-state index contributed by atoms with van der Waals surface area (Å²) < 4.78 is 1.72. The Morgan fingerprint density at radius 3 is 3.12 bits per heavy atom. The summed E-state index contributed by atoms with van der Waals surface area (Å²) >= 11 is 0. The summed E-state index contributed by atoms with van der Waals surface area (Å²) in [6.45, 7) is 3.68. The first-order chi connectivity index (χ1) is 7.74. The molecule has 6 nitrogen and oxygen atoms in total. The Labute approximate surface area is 93.7 Å². The quantitative estimate of drug-likeness (QED) is 0.794.